The van der Waals surface area contributed by atoms with E-state index in [9.17, 15) is 4.79 Å². The molecule has 0 bridgehead atoms. The Hall–Kier alpha value is -1.30. The summed E-state index contributed by atoms with van der Waals surface area (Å²) in [5.74, 6) is -0.967. The Morgan fingerprint density at radius 1 is 1.79 bits per heavy atom. The van der Waals surface area contributed by atoms with E-state index in [0.717, 1.165) is 11.5 Å². The number of nitrogens with one attached hydrogen (secondary N) is 1. The molecule has 0 fully saturated rings. The number of rotatable bonds is 1. The van der Waals surface area contributed by atoms with Crippen molar-refractivity contribution in [2.24, 2.45) is 0 Å². The molecule has 2 N–H and O–H groups in total. The van der Waals surface area contributed by atoms with Crippen molar-refractivity contribution in [3.8, 4) is 0 Å². The second kappa shape index (κ2) is 3.13. The lowest BCUT2D eigenvalue weighted by molar-refractivity contribution is 0.0692. The van der Waals surface area contributed by atoms with Crippen molar-refractivity contribution in [3.05, 3.63) is 5.69 Å². The fraction of sp³-hybridized carbons (Fsp3) is 0.500. The Morgan fingerprint density at radius 3 is 3.14 bits per heavy atom. The van der Waals surface area contributed by atoms with Crippen molar-refractivity contribution in [2.45, 2.75) is 13.0 Å². The summed E-state index contributed by atoms with van der Waals surface area (Å²) in [5.41, 5.74) is 0.854. The van der Waals surface area contributed by atoms with Gasteiger partial charge in [0.05, 0.1) is 0 Å². The van der Waals surface area contributed by atoms with Gasteiger partial charge < -0.3 is 15.3 Å². The normalized spacial score (nSPS) is 20.1. The molecule has 14 heavy (non-hydrogen) atoms. The fourth-order valence-corrected chi connectivity index (χ4v) is 2.29. The standard InChI is InChI=1S/C8H11N3O2S/c1-4-3-9-7-6(11(4)2)5(8(12)13)10-14-7/h4,9H,3H2,1-2H3,(H,12,13)/t4-/m0/s1. The molecule has 1 aromatic rings. The first-order chi connectivity index (χ1) is 6.61. The number of likely N-dealkylation sites (N-methyl/N-ethyl adjacent to an activating group) is 1. The van der Waals surface area contributed by atoms with Crippen LogP contribution in [0.5, 0.6) is 0 Å². The maximum atomic E-state index is 10.9. The molecule has 0 aromatic carbocycles. The van der Waals surface area contributed by atoms with E-state index in [1.165, 1.54) is 11.5 Å². The summed E-state index contributed by atoms with van der Waals surface area (Å²) < 4.78 is 3.92. The summed E-state index contributed by atoms with van der Waals surface area (Å²) in [6.45, 7) is 2.87. The van der Waals surface area contributed by atoms with Crippen LogP contribution < -0.4 is 10.2 Å². The Labute approximate surface area is 85.5 Å². The average molecular weight is 213 g/mol. The molecule has 1 aliphatic heterocycles. The molecule has 0 amide bonds. The number of nitrogens with zero attached hydrogens (tertiary/aromatic N) is 2. The van der Waals surface area contributed by atoms with E-state index >= 15 is 0 Å². The van der Waals surface area contributed by atoms with Crippen LogP contribution in [0.3, 0.4) is 0 Å². The minimum atomic E-state index is -0.967. The van der Waals surface area contributed by atoms with Gasteiger partial charge in [0.2, 0.25) is 0 Å². The highest BCUT2D eigenvalue weighted by Crippen LogP contribution is 2.37. The number of hydrogen-bond acceptors (Lipinski definition) is 5. The molecule has 2 rings (SSSR count). The van der Waals surface area contributed by atoms with Gasteiger partial charge >= 0.3 is 5.97 Å². The van der Waals surface area contributed by atoms with Crippen molar-refractivity contribution >= 4 is 28.2 Å². The van der Waals surface area contributed by atoms with Crippen molar-refractivity contribution in [1.29, 1.82) is 0 Å². The highest BCUT2D eigenvalue weighted by atomic mass is 32.1. The first kappa shape index (κ1) is 9.26. The number of fused-ring (bicyclic) bond motifs is 1. The quantitative estimate of drug-likeness (QED) is 0.731. The summed E-state index contributed by atoms with van der Waals surface area (Å²) in [5, 5.41) is 12.9. The number of carboxylic acids is 1. The van der Waals surface area contributed by atoms with Crippen molar-refractivity contribution < 1.29 is 9.90 Å². The molecular weight excluding hydrogens is 202 g/mol. The van der Waals surface area contributed by atoms with E-state index in [4.69, 9.17) is 5.11 Å². The van der Waals surface area contributed by atoms with Gasteiger partial charge in [0, 0.05) is 19.6 Å². The molecule has 0 unspecified atom stereocenters. The smallest absolute Gasteiger partial charge is 0.357 e. The number of hydrogen-bond donors (Lipinski definition) is 2. The maximum Gasteiger partial charge on any atom is 0.357 e. The predicted molar refractivity (Wildman–Crippen MR) is 55.4 cm³/mol. The Bertz CT molecular complexity index is 377. The summed E-state index contributed by atoms with van der Waals surface area (Å²) in [4.78, 5) is 12.8. The van der Waals surface area contributed by atoms with E-state index < -0.39 is 5.97 Å². The highest BCUT2D eigenvalue weighted by molar-refractivity contribution is 7.11. The van der Waals surface area contributed by atoms with Crippen LogP contribution in [0.25, 0.3) is 0 Å². The highest BCUT2D eigenvalue weighted by Gasteiger charge is 2.28. The largest absolute Gasteiger partial charge is 0.476 e. The van der Waals surface area contributed by atoms with E-state index in [-0.39, 0.29) is 11.7 Å². The van der Waals surface area contributed by atoms with Crippen LogP contribution in [0.1, 0.15) is 17.4 Å². The molecule has 1 aromatic heterocycles. The second-order valence-corrected chi connectivity index (χ2v) is 4.13. The number of aromatic carboxylic acids is 1. The minimum Gasteiger partial charge on any atom is -0.476 e. The van der Waals surface area contributed by atoms with E-state index in [0.29, 0.717) is 5.69 Å². The van der Waals surface area contributed by atoms with E-state index in [1.54, 1.807) is 0 Å². The molecular formula is C8H11N3O2S. The maximum absolute atomic E-state index is 10.9. The summed E-state index contributed by atoms with van der Waals surface area (Å²) in [6, 6.07) is 0.289. The molecule has 1 aliphatic rings. The molecule has 5 nitrogen and oxygen atoms in total. The van der Waals surface area contributed by atoms with Crippen LogP contribution in [-0.2, 0) is 0 Å². The lowest BCUT2D eigenvalue weighted by Gasteiger charge is -2.32. The zero-order chi connectivity index (χ0) is 10.3. The third-order valence-electron chi connectivity index (χ3n) is 2.44. The third-order valence-corrected chi connectivity index (χ3v) is 3.24. The molecule has 6 heteroatoms. The molecule has 2 heterocycles. The van der Waals surface area contributed by atoms with Gasteiger partial charge in [0.25, 0.3) is 0 Å². The summed E-state index contributed by atoms with van der Waals surface area (Å²) >= 11 is 1.20. The van der Waals surface area contributed by atoms with Gasteiger partial charge in [-0.25, -0.2) is 4.79 Å². The van der Waals surface area contributed by atoms with Gasteiger partial charge in [0.15, 0.2) is 5.69 Å². The summed E-state index contributed by atoms with van der Waals surface area (Å²) in [7, 11) is 1.89. The molecule has 0 saturated heterocycles. The average Bonchev–Trinajstić information content (AvgIpc) is 2.55. The van der Waals surface area contributed by atoms with Gasteiger partial charge in [0.1, 0.15) is 10.7 Å². The van der Waals surface area contributed by atoms with E-state index in [1.807, 2.05) is 18.9 Å². The first-order valence-electron chi connectivity index (χ1n) is 4.31. The Balaban J connectivity index is 2.49. The monoisotopic (exact) mass is 213 g/mol. The lowest BCUT2D eigenvalue weighted by atomic mass is 10.2. The zero-order valence-electron chi connectivity index (χ0n) is 7.94. The molecule has 76 valence electrons. The molecule has 0 spiro atoms. The van der Waals surface area contributed by atoms with Crippen LogP contribution in [0.4, 0.5) is 10.7 Å². The SMILES string of the molecule is C[C@H]1CNc2snc(C(=O)O)c2N1C. The van der Waals surface area contributed by atoms with Crippen molar-refractivity contribution in [1.82, 2.24) is 4.37 Å². The van der Waals surface area contributed by atoms with Gasteiger partial charge in [-0.15, -0.1) is 0 Å². The van der Waals surface area contributed by atoms with Crippen LogP contribution in [-0.4, -0.2) is 35.1 Å². The number of carboxylic acid groups (broad SMARTS) is 1. The molecule has 0 radical (unpaired) electrons. The summed E-state index contributed by atoms with van der Waals surface area (Å²) in [6.07, 6.45) is 0. The second-order valence-electron chi connectivity index (χ2n) is 3.35. The van der Waals surface area contributed by atoms with Crippen molar-refractivity contribution in [2.75, 3.05) is 23.8 Å². The van der Waals surface area contributed by atoms with Gasteiger partial charge in [-0.05, 0) is 18.5 Å². The van der Waals surface area contributed by atoms with Crippen LogP contribution in [0.2, 0.25) is 0 Å². The minimum absolute atomic E-state index is 0.145. The Morgan fingerprint density at radius 2 is 2.50 bits per heavy atom. The third kappa shape index (κ3) is 1.22. The molecule has 0 saturated carbocycles. The predicted octanol–water partition coefficient (Wildman–Crippen LogP) is 1.09. The fourth-order valence-electron chi connectivity index (χ4n) is 1.47. The zero-order valence-corrected chi connectivity index (χ0v) is 8.76. The number of anilines is 2. The van der Waals surface area contributed by atoms with Crippen LogP contribution >= 0.6 is 11.5 Å². The number of carbonyl (C=O) groups is 1. The first-order valence-corrected chi connectivity index (χ1v) is 5.08. The van der Waals surface area contributed by atoms with Crippen LogP contribution in [0, 0.1) is 0 Å². The molecule has 0 aliphatic carbocycles. The lowest BCUT2D eigenvalue weighted by Crippen LogP contribution is -2.39. The topological polar surface area (TPSA) is 65.5 Å². The van der Waals surface area contributed by atoms with Crippen LogP contribution in [0.15, 0.2) is 0 Å². The number of aromatic nitrogens is 1. The van der Waals surface area contributed by atoms with Gasteiger partial charge in [-0.2, -0.15) is 4.37 Å². The Kier molecular flexibility index (Phi) is 2.07. The molecule has 1 atom stereocenters. The van der Waals surface area contributed by atoms with Gasteiger partial charge in [-0.1, -0.05) is 0 Å². The van der Waals surface area contributed by atoms with Gasteiger partial charge in [-0.3, -0.25) is 0 Å². The van der Waals surface area contributed by atoms with Crippen molar-refractivity contribution in [3.63, 3.8) is 0 Å². The van der Waals surface area contributed by atoms with E-state index in [2.05, 4.69) is 9.69 Å².